The average molecular weight is 276 g/mol. The van der Waals surface area contributed by atoms with E-state index in [1.165, 1.54) is 44.3 Å². The first-order valence-electron chi connectivity index (χ1n) is 8.29. The van der Waals surface area contributed by atoms with Crippen LogP contribution in [0, 0.1) is 0 Å². The van der Waals surface area contributed by atoms with Gasteiger partial charge in [0.15, 0.2) is 0 Å². The summed E-state index contributed by atoms with van der Waals surface area (Å²) in [5.74, 6) is 0. The van der Waals surface area contributed by atoms with E-state index in [-0.39, 0.29) is 6.04 Å². The first-order chi connectivity index (χ1) is 9.74. The maximum Gasteiger partial charge on any atom is 0.0453 e. The number of hydrogen-bond acceptors (Lipinski definition) is 2. The van der Waals surface area contributed by atoms with E-state index in [0.29, 0.717) is 6.04 Å². The van der Waals surface area contributed by atoms with Crippen molar-refractivity contribution in [1.82, 2.24) is 4.90 Å². The van der Waals surface area contributed by atoms with Gasteiger partial charge in [-0.25, -0.2) is 0 Å². The summed E-state index contributed by atoms with van der Waals surface area (Å²) in [5.41, 5.74) is 7.81. The lowest BCUT2D eigenvalue weighted by Gasteiger charge is -2.35. The Morgan fingerprint density at radius 3 is 1.95 bits per heavy atom. The summed E-state index contributed by atoms with van der Waals surface area (Å²) in [7, 11) is 0. The van der Waals surface area contributed by atoms with E-state index in [1.54, 1.807) is 0 Å². The van der Waals surface area contributed by atoms with Crippen molar-refractivity contribution in [3.63, 3.8) is 0 Å². The van der Waals surface area contributed by atoms with Gasteiger partial charge in [0, 0.05) is 12.1 Å². The maximum absolute atomic E-state index is 6.55. The van der Waals surface area contributed by atoms with Crippen molar-refractivity contribution in [1.29, 1.82) is 0 Å². The Bertz CT molecular complexity index is 329. The van der Waals surface area contributed by atoms with E-state index in [4.69, 9.17) is 5.73 Å². The highest BCUT2D eigenvalue weighted by atomic mass is 15.2. The highest BCUT2D eigenvalue weighted by molar-refractivity contribution is 5.20. The van der Waals surface area contributed by atoms with Gasteiger partial charge in [0.05, 0.1) is 0 Å². The van der Waals surface area contributed by atoms with E-state index in [2.05, 4.69) is 56.0 Å². The zero-order valence-corrected chi connectivity index (χ0v) is 13.5. The van der Waals surface area contributed by atoms with Gasteiger partial charge in [-0.05, 0) is 37.9 Å². The molecule has 2 heteroatoms. The van der Waals surface area contributed by atoms with Gasteiger partial charge in [-0.2, -0.15) is 0 Å². The van der Waals surface area contributed by atoms with E-state index >= 15 is 0 Å². The number of unbranched alkanes of at least 4 members (excludes halogenated alkanes) is 2. The first kappa shape index (κ1) is 17.2. The van der Waals surface area contributed by atoms with Crippen molar-refractivity contribution in [2.75, 3.05) is 13.1 Å². The number of rotatable bonds is 10. The zero-order chi connectivity index (χ0) is 14.8. The molecule has 0 radical (unpaired) electrons. The predicted octanol–water partition coefficient (Wildman–Crippen LogP) is 4.37. The second-order valence-corrected chi connectivity index (χ2v) is 5.66. The molecule has 0 aliphatic rings. The molecule has 2 atom stereocenters. The van der Waals surface area contributed by atoms with Crippen LogP contribution in [0.4, 0.5) is 0 Å². The largest absolute Gasteiger partial charge is 0.323 e. The molecule has 0 saturated heterocycles. The molecule has 0 spiro atoms. The summed E-state index contributed by atoms with van der Waals surface area (Å²) in [5, 5.41) is 0. The van der Waals surface area contributed by atoms with Crippen LogP contribution in [-0.4, -0.2) is 24.0 Å². The standard InChI is InChI=1S/C18H32N2/c1-4-7-14-20(15-8-5-2)17(6-3)18(19)16-12-10-9-11-13-16/h9-13,17-18H,4-8,14-15,19H2,1-3H3. The van der Waals surface area contributed by atoms with Crippen molar-refractivity contribution >= 4 is 0 Å². The van der Waals surface area contributed by atoms with Gasteiger partial charge < -0.3 is 5.73 Å². The van der Waals surface area contributed by atoms with Gasteiger partial charge in [-0.1, -0.05) is 63.9 Å². The highest BCUT2D eigenvalue weighted by Crippen LogP contribution is 2.22. The molecule has 0 aromatic heterocycles. The minimum absolute atomic E-state index is 0.120. The van der Waals surface area contributed by atoms with Crippen LogP contribution in [0.3, 0.4) is 0 Å². The maximum atomic E-state index is 6.55. The number of nitrogens with zero attached hydrogens (tertiary/aromatic N) is 1. The van der Waals surface area contributed by atoms with Gasteiger partial charge >= 0.3 is 0 Å². The SMILES string of the molecule is CCCCN(CCCC)C(CC)C(N)c1ccccc1. The summed E-state index contributed by atoms with van der Waals surface area (Å²) in [4.78, 5) is 2.62. The number of benzene rings is 1. The van der Waals surface area contributed by atoms with Crippen molar-refractivity contribution in [2.45, 2.75) is 65.0 Å². The molecule has 0 aliphatic carbocycles. The molecule has 2 N–H and O–H groups in total. The molecule has 1 aromatic carbocycles. The molecule has 0 amide bonds. The van der Waals surface area contributed by atoms with E-state index < -0.39 is 0 Å². The predicted molar refractivity (Wildman–Crippen MR) is 88.8 cm³/mol. The van der Waals surface area contributed by atoms with Crippen LogP contribution in [0.2, 0.25) is 0 Å². The van der Waals surface area contributed by atoms with Crippen LogP contribution >= 0.6 is 0 Å². The molecule has 1 aromatic rings. The molecule has 0 aliphatic heterocycles. The van der Waals surface area contributed by atoms with Gasteiger partial charge in [-0.15, -0.1) is 0 Å². The minimum atomic E-state index is 0.120. The Morgan fingerprint density at radius 2 is 1.50 bits per heavy atom. The third-order valence-corrected chi connectivity index (χ3v) is 4.08. The third kappa shape index (κ3) is 5.26. The Morgan fingerprint density at radius 1 is 0.950 bits per heavy atom. The molecule has 2 nitrogen and oxygen atoms in total. The lowest BCUT2D eigenvalue weighted by molar-refractivity contribution is 0.161. The highest BCUT2D eigenvalue weighted by Gasteiger charge is 2.23. The van der Waals surface area contributed by atoms with Crippen molar-refractivity contribution in [2.24, 2.45) is 5.73 Å². The number of hydrogen-bond donors (Lipinski definition) is 1. The van der Waals surface area contributed by atoms with Gasteiger partial charge in [0.1, 0.15) is 0 Å². The van der Waals surface area contributed by atoms with Gasteiger partial charge in [0.25, 0.3) is 0 Å². The molecule has 0 saturated carbocycles. The Labute approximate surface area is 125 Å². The topological polar surface area (TPSA) is 29.3 Å². The molecule has 0 heterocycles. The smallest absolute Gasteiger partial charge is 0.0453 e. The lowest BCUT2D eigenvalue weighted by Crippen LogP contribution is -2.43. The zero-order valence-electron chi connectivity index (χ0n) is 13.5. The Balaban J connectivity index is 2.76. The van der Waals surface area contributed by atoms with Crippen LogP contribution < -0.4 is 5.73 Å². The molecule has 0 fully saturated rings. The number of nitrogens with two attached hydrogens (primary N) is 1. The van der Waals surface area contributed by atoms with E-state index in [9.17, 15) is 0 Å². The summed E-state index contributed by atoms with van der Waals surface area (Å²) in [6, 6.07) is 11.1. The van der Waals surface area contributed by atoms with E-state index in [1.807, 2.05) is 0 Å². The lowest BCUT2D eigenvalue weighted by atomic mass is 9.96. The summed E-state index contributed by atoms with van der Waals surface area (Å²) in [6.07, 6.45) is 6.15. The van der Waals surface area contributed by atoms with Gasteiger partial charge in [-0.3, -0.25) is 4.90 Å². The van der Waals surface area contributed by atoms with Crippen LogP contribution in [-0.2, 0) is 0 Å². The normalized spacial score (nSPS) is 14.4. The van der Waals surface area contributed by atoms with Crippen molar-refractivity contribution in [3.05, 3.63) is 35.9 Å². The molecule has 20 heavy (non-hydrogen) atoms. The monoisotopic (exact) mass is 276 g/mol. The van der Waals surface area contributed by atoms with Crippen LogP contribution in [0.5, 0.6) is 0 Å². The summed E-state index contributed by atoms with van der Waals surface area (Å²) >= 11 is 0. The Kier molecular flexibility index (Phi) is 8.56. The molecule has 2 unspecified atom stereocenters. The van der Waals surface area contributed by atoms with Crippen LogP contribution in [0.1, 0.15) is 64.5 Å². The van der Waals surface area contributed by atoms with Crippen molar-refractivity contribution in [3.8, 4) is 0 Å². The fraction of sp³-hybridized carbons (Fsp3) is 0.667. The summed E-state index contributed by atoms with van der Waals surface area (Å²) in [6.45, 7) is 9.13. The fourth-order valence-electron chi connectivity index (χ4n) is 2.80. The van der Waals surface area contributed by atoms with Crippen molar-refractivity contribution < 1.29 is 0 Å². The molecule has 0 bridgehead atoms. The van der Waals surface area contributed by atoms with Gasteiger partial charge in [0.2, 0.25) is 0 Å². The second kappa shape index (κ2) is 9.95. The first-order valence-corrected chi connectivity index (χ1v) is 8.29. The molecule has 1 rings (SSSR count). The quantitative estimate of drug-likeness (QED) is 0.687. The van der Waals surface area contributed by atoms with Crippen LogP contribution in [0.25, 0.3) is 0 Å². The molecular weight excluding hydrogens is 244 g/mol. The minimum Gasteiger partial charge on any atom is -0.323 e. The fourth-order valence-corrected chi connectivity index (χ4v) is 2.80. The second-order valence-electron chi connectivity index (χ2n) is 5.66. The average Bonchev–Trinajstić information content (AvgIpc) is 2.50. The third-order valence-electron chi connectivity index (χ3n) is 4.08. The summed E-state index contributed by atoms with van der Waals surface area (Å²) < 4.78 is 0. The Hall–Kier alpha value is -0.860. The van der Waals surface area contributed by atoms with E-state index in [0.717, 1.165) is 6.42 Å². The molecule has 114 valence electrons. The van der Waals surface area contributed by atoms with Crippen LogP contribution in [0.15, 0.2) is 30.3 Å². The molecular formula is C18H32N2.